The molecule has 0 saturated carbocycles. The molecule has 9 nitrogen and oxygen atoms in total. The number of anilines is 1. The number of thioether (sulfide) groups is 1. The average molecular weight is 490 g/mol. The van der Waals surface area contributed by atoms with Crippen LogP contribution >= 0.6 is 24.0 Å². The van der Waals surface area contributed by atoms with E-state index in [4.69, 9.17) is 21.7 Å². The molecule has 2 aliphatic heterocycles. The number of pyridine rings is 1. The Morgan fingerprint density at radius 1 is 1.27 bits per heavy atom. The number of amides is 1. The standard InChI is InChI=1S/C22H27N5O4S2/c1-30-12-4-8-27-21(29)17(33-22(27)32)15-16-19(23-6-9-25-10-13-31-14-11-25)24-18-5-2-3-7-26(18)20(16)28/h2-3,5,7,15,23H,4,6,8-14H2,1H3/b17-15-. The molecule has 0 unspecified atom stereocenters. The van der Waals surface area contributed by atoms with Crippen molar-refractivity contribution in [1.29, 1.82) is 0 Å². The summed E-state index contributed by atoms with van der Waals surface area (Å²) in [6.45, 7) is 5.68. The highest BCUT2D eigenvalue weighted by atomic mass is 32.2. The number of hydrogen-bond donors (Lipinski definition) is 1. The molecule has 0 aliphatic carbocycles. The lowest BCUT2D eigenvalue weighted by atomic mass is 10.2. The predicted molar refractivity (Wildman–Crippen MR) is 134 cm³/mol. The zero-order chi connectivity index (χ0) is 23.2. The van der Waals surface area contributed by atoms with Gasteiger partial charge < -0.3 is 14.8 Å². The summed E-state index contributed by atoms with van der Waals surface area (Å²) < 4.78 is 12.4. The molecular formula is C22H27N5O4S2. The van der Waals surface area contributed by atoms with Gasteiger partial charge in [0.2, 0.25) is 0 Å². The maximum Gasteiger partial charge on any atom is 0.267 e. The number of methoxy groups -OCH3 is 1. The van der Waals surface area contributed by atoms with E-state index in [0.29, 0.717) is 52.4 Å². The van der Waals surface area contributed by atoms with Crippen molar-refractivity contribution < 1.29 is 14.3 Å². The quantitative estimate of drug-likeness (QED) is 0.321. The zero-order valence-corrected chi connectivity index (χ0v) is 20.1. The molecule has 1 N–H and O–H groups in total. The lowest BCUT2D eigenvalue weighted by molar-refractivity contribution is -0.122. The van der Waals surface area contributed by atoms with Gasteiger partial charge in [-0.25, -0.2) is 4.98 Å². The van der Waals surface area contributed by atoms with Gasteiger partial charge in [0.05, 0.1) is 23.7 Å². The number of nitrogens with one attached hydrogen (secondary N) is 1. The molecule has 2 aliphatic rings. The summed E-state index contributed by atoms with van der Waals surface area (Å²) >= 11 is 6.61. The molecule has 176 valence electrons. The van der Waals surface area contributed by atoms with Gasteiger partial charge in [-0.2, -0.15) is 0 Å². The van der Waals surface area contributed by atoms with E-state index in [0.717, 1.165) is 32.8 Å². The Morgan fingerprint density at radius 2 is 2.09 bits per heavy atom. The molecule has 0 bridgehead atoms. The van der Waals surface area contributed by atoms with Crippen molar-refractivity contribution in [3.8, 4) is 0 Å². The van der Waals surface area contributed by atoms with Gasteiger partial charge in [-0.05, 0) is 24.6 Å². The van der Waals surface area contributed by atoms with Gasteiger partial charge in [0, 0.05) is 52.6 Å². The highest BCUT2D eigenvalue weighted by Gasteiger charge is 2.32. The summed E-state index contributed by atoms with van der Waals surface area (Å²) in [7, 11) is 1.62. The average Bonchev–Trinajstić information content (AvgIpc) is 3.09. The number of aromatic nitrogens is 2. The first-order valence-electron chi connectivity index (χ1n) is 10.9. The van der Waals surface area contributed by atoms with Crippen molar-refractivity contribution in [2.24, 2.45) is 0 Å². The molecule has 0 aromatic carbocycles. The second-order valence-corrected chi connectivity index (χ2v) is 9.34. The Labute approximate surface area is 201 Å². The second-order valence-electron chi connectivity index (χ2n) is 7.67. The molecule has 0 spiro atoms. The van der Waals surface area contributed by atoms with E-state index in [9.17, 15) is 9.59 Å². The summed E-state index contributed by atoms with van der Waals surface area (Å²) in [5.74, 6) is 0.266. The summed E-state index contributed by atoms with van der Waals surface area (Å²) in [5, 5.41) is 3.31. The van der Waals surface area contributed by atoms with Crippen molar-refractivity contribution in [3.05, 3.63) is 45.2 Å². The van der Waals surface area contributed by atoms with Gasteiger partial charge in [0.25, 0.3) is 11.5 Å². The third-order valence-electron chi connectivity index (χ3n) is 5.47. The molecule has 1 amide bonds. The van der Waals surface area contributed by atoms with E-state index >= 15 is 0 Å². The molecule has 2 fully saturated rings. The Balaban J connectivity index is 1.60. The molecule has 0 radical (unpaired) electrons. The molecular weight excluding hydrogens is 462 g/mol. The largest absolute Gasteiger partial charge is 0.385 e. The van der Waals surface area contributed by atoms with Gasteiger partial charge in [-0.3, -0.25) is 23.8 Å². The van der Waals surface area contributed by atoms with Gasteiger partial charge >= 0.3 is 0 Å². The predicted octanol–water partition coefficient (Wildman–Crippen LogP) is 1.68. The molecule has 2 aromatic heterocycles. The first-order valence-corrected chi connectivity index (χ1v) is 12.1. The molecule has 0 atom stereocenters. The summed E-state index contributed by atoms with van der Waals surface area (Å²) in [4.78, 5) is 35.2. The number of hydrogen-bond acceptors (Lipinski definition) is 9. The minimum Gasteiger partial charge on any atom is -0.385 e. The van der Waals surface area contributed by atoms with Gasteiger partial charge in [0.15, 0.2) is 0 Å². The fraction of sp³-hybridized carbons (Fsp3) is 0.455. The third-order valence-corrected chi connectivity index (χ3v) is 6.85. The summed E-state index contributed by atoms with van der Waals surface area (Å²) in [6, 6.07) is 5.40. The molecule has 4 heterocycles. The van der Waals surface area contributed by atoms with Crippen LogP contribution < -0.4 is 10.9 Å². The van der Waals surface area contributed by atoms with Crippen molar-refractivity contribution in [3.63, 3.8) is 0 Å². The fourth-order valence-corrected chi connectivity index (χ4v) is 5.01. The van der Waals surface area contributed by atoms with Crippen LogP contribution in [0.5, 0.6) is 0 Å². The van der Waals surface area contributed by atoms with Crippen molar-refractivity contribution in [2.45, 2.75) is 6.42 Å². The number of rotatable bonds is 9. The van der Waals surface area contributed by atoms with Crippen LogP contribution in [0.1, 0.15) is 12.0 Å². The molecule has 33 heavy (non-hydrogen) atoms. The highest BCUT2D eigenvalue weighted by Crippen LogP contribution is 2.33. The van der Waals surface area contributed by atoms with E-state index in [-0.39, 0.29) is 11.5 Å². The van der Waals surface area contributed by atoms with Crippen LogP contribution in [0, 0.1) is 0 Å². The van der Waals surface area contributed by atoms with Gasteiger partial charge in [-0.15, -0.1) is 0 Å². The number of fused-ring (bicyclic) bond motifs is 1. The van der Waals surface area contributed by atoms with Crippen LogP contribution in [0.3, 0.4) is 0 Å². The summed E-state index contributed by atoms with van der Waals surface area (Å²) in [5.41, 5.74) is 0.651. The lowest BCUT2D eigenvalue weighted by Crippen LogP contribution is -2.39. The fourth-order valence-electron chi connectivity index (χ4n) is 3.72. The number of morpholine rings is 1. The van der Waals surface area contributed by atoms with Crippen LogP contribution in [-0.2, 0) is 14.3 Å². The zero-order valence-electron chi connectivity index (χ0n) is 18.5. The SMILES string of the molecule is COCCCN1C(=O)/C(=C/c2c(NCCN3CCOCC3)nc3ccccn3c2=O)SC1=S. The van der Waals surface area contributed by atoms with Crippen molar-refractivity contribution >= 4 is 51.7 Å². The number of ether oxygens (including phenoxy) is 2. The molecule has 2 saturated heterocycles. The number of nitrogens with zero attached hydrogens (tertiary/aromatic N) is 4. The normalized spacial score (nSPS) is 18.6. The monoisotopic (exact) mass is 489 g/mol. The molecule has 2 aromatic rings. The minimum atomic E-state index is -0.237. The Kier molecular flexibility index (Phi) is 8.10. The highest BCUT2D eigenvalue weighted by molar-refractivity contribution is 8.26. The maximum atomic E-state index is 13.3. The van der Waals surface area contributed by atoms with Crippen LogP contribution in [0.2, 0.25) is 0 Å². The first kappa shape index (κ1) is 23.8. The van der Waals surface area contributed by atoms with Crippen LogP contribution in [0.15, 0.2) is 34.1 Å². The first-order chi connectivity index (χ1) is 16.1. The van der Waals surface area contributed by atoms with E-state index in [1.54, 1.807) is 36.4 Å². The van der Waals surface area contributed by atoms with Gasteiger partial charge in [0.1, 0.15) is 15.8 Å². The van der Waals surface area contributed by atoms with E-state index in [2.05, 4.69) is 15.2 Å². The van der Waals surface area contributed by atoms with Crippen LogP contribution in [0.25, 0.3) is 11.7 Å². The minimum absolute atomic E-state index is 0.196. The smallest absolute Gasteiger partial charge is 0.267 e. The van der Waals surface area contributed by atoms with E-state index in [1.807, 2.05) is 6.07 Å². The van der Waals surface area contributed by atoms with Crippen LogP contribution in [-0.4, -0.2) is 89.1 Å². The number of carbonyl (C=O) groups excluding carboxylic acids is 1. The van der Waals surface area contributed by atoms with Gasteiger partial charge in [-0.1, -0.05) is 30.0 Å². The topological polar surface area (TPSA) is 88.4 Å². The molecule has 4 rings (SSSR count). The van der Waals surface area contributed by atoms with Crippen molar-refractivity contribution in [2.75, 3.05) is 65.0 Å². The Hall–Kier alpha value is -2.31. The Morgan fingerprint density at radius 3 is 2.88 bits per heavy atom. The Bertz CT molecular complexity index is 1110. The third kappa shape index (κ3) is 5.61. The van der Waals surface area contributed by atoms with E-state index in [1.165, 1.54) is 16.2 Å². The van der Waals surface area contributed by atoms with E-state index < -0.39 is 0 Å². The van der Waals surface area contributed by atoms with Crippen molar-refractivity contribution in [1.82, 2.24) is 19.2 Å². The maximum absolute atomic E-state index is 13.3. The second kappa shape index (κ2) is 11.2. The number of carbonyl (C=O) groups is 1. The van der Waals surface area contributed by atoms with Crippen LogP contribution in [0.4, 0.5) is 5.82 Å². The lowest BCUT2D eigenvalue weighted by Gasteiger charge is -2.26. The molecule has 11 heteroatoms. The number of thiocarbonyl (C=S) groups is 1. The summed E-state index contributed by atoms with van der Waals surface area (Å²) in [6.07, 6.45) is 3.97.